The molecular weight excluding hydrogens is 288 g/mol. The van der Waals surface area contributed by atoms with E-state index in [2.05, 4.69) is 35.9 Å². The van der Waals surface area contributed by atoms with Crippen molar-refractivity contribution >= 4 is 16.9 Å². The average molecular weight is 306 g/mol. The number of carboxylic acids is 1. The molecule has 0 fully saturated rings. The van der Waals surface area contributed by atoms with Gasteiger partial charge in [-0.25, -0.2) is 4.79 Å². The highest BCUT2D eigenvalue weighted by atomic mass is 16.4. The lowest BCUT2D eigenvalue weighted by Crippen LogP contribution is -2.00. The Bertz CT molecular complexity index is 872. The standard InChI is InChI=1S/C19H18N2O2/c1-12(2)16-9-15-7-13(3-4-18(15)21-11-16)8-17-10-14(19(22)23)5-6-20-17/h3-7,9-12H,8H2,1-2H3,(H,22,23). The molecule has 0 saturated carbocycles. The van der Waals surface area contributed by atoms with Gasteiger partial charge in [0.15, 0.2) is 0 Å². The van der Waals surface area contributed by atoms with Crippen LogP contribution in [-0.2, 0) is 6.42 Å². The summed E-state index contributed by atoms with van der Waals surface area (Å²) in [6.45, 7) is 4.29. The third kappa shape index (κ3) is 3.37. The topological polar surface area (TPSA) is 63.1 Å². The van der Waals surface area contributed by atoms with Gasteiger partial charge < -0.3 is 5.11 Å². The van der Waals surface area contributed by atoms with Crippen molar-refractivity contribution in [3.8, 4) is 0 Å². The zero-order valence-electron chi connectivity index (χ0n) is 13.2. The van der Waals surface area contributed by atoms with Crippen LogP contribution in [0.4, 0.5) is 0 Å². The normalized spacial score (nSPS) is 11.1. The molecular formula is C19H18N2O2. The molecule has 3 aromatic rings. The molecule has 3 rings (SSSR count). The summed E-state index contributed by atoms with van der Waals surface area (Å²) in [6.07, 6.45) is 4.06. The van der Waals surface area contributed by atoms with Gasteiger partial charge in [-0.05, 0) is 47.4 Å². The molecule has 0 aliphatic rings. The molecule has 2 aromatic heterocycles. The van der Waals surface area contributed by atoms with Gasteiger partial charge in [0, 0.05) is 29.9 Å². The van der Waals surface area contributed by atoms with Crippen LogP contribution in [0.3, 0.4) is 0 Å². The Morgan fingerprint density at radius 1 is 1.13 bits per heavy atom. The van der Waals surface area contributed by atoms with Gasteiger partial charge in [-0.1, -0.05) is 19.9 Å². The van der Waals surface area contributed by atoms with Crippen molar-refractivity contribution in [1.29, 1.82) is 0 Å². The van der Waals surface area contributed by atoms with Crippen LogP contribution >= 0.6 is 0 Å². The summed E-state index contributed by atoms with van der Waals surface area (Å²) >= 11 is 0. The van der Waals surface area contributed by atoms with Gasteiger partial charge in [0.25, 0.3) is 0 Å². The largest absolute Gasteiger partial charge is 0.478 e. The number of carboxylic acid groups (broad SMARTS) is 1. The SMILES string of the molecule is CC(C)c1cnc2ccc(Cc3cc(C(=O)O)ccn3)cc2c1. The molecule has 1 aromatic carbocycles. The molecule has 0 amide bonds. The van der Waals surface area contributed by atoms with Crippen molar-refractivity contribution in [1.82, 2.24) is 9.97 Å². The highest BCUT2D eigenvalue weighted by Crippen LogP contribution is 2.21. The van der Waals surface area contributed by atoms with Crippen molar-refractivity contribution in [3.63, 3.8) is 0 Å². The summed E-state index contributed by atoms with van der Waals surface area (Å²) in [5.74, 6) is -0.498. The number of aromatic carboxylic acids is 1. The second-order valence-corrected chi connectivity index (χ2v) is 5.97. The number of carbonyl (C=O) groups is 1. The molecule has 4 nitrogen and oxygen atoms in total. The fourth-order valence-electron chi connectivity index (χ4n) is 2.54. The number of hydrogen-bond donors (Lipinski definition) is 1. The van der Waals surface area contributed by atoms with Gasteiger partial charge in [-0.15, -0.1) is 0 Å². The maximum atomic E-state index is 11.0. The smallest absolute Gasteiger partial charge is 0.335 e. The summed E-state index contributed by atoms with van der Waals surface area (Å²) in [5.41, 5.74) is 4.28. The van der Waals surface area contributed by atoms with Crippen LogP contribution in [0.1, 0.15) is 46.9 Å². The Hall–Kier alpha value is -2.75. The first kappa shape index (κ1) is 15.2. The first-order chi connectivity index (χ1) is 11.0. The number of aromatic nitrogens is 2. The molecule has 4 heteroatoms. The summed E-state index contributed by atoms with van der Waals surface area (Å²) < 4.78 is 0. The summed E-state index contributed by atoms with van der Waals surface area (Å²) in [7, 11) is 0. The molecule has 0 aliphatic carbocycles. The number of hydrogen-bond acceptors (Lipinski definition) is 3. The van der Waals surface area contributed by atoms with E-state index in [0.29, 0.717) is 12.3 Å². The lowest BCUT2D eigenvalue weighted by Gasteiger charge is -2.08. The maximum absolute atomic E-state index is 11.0. The fraction of sp³-hybridized carbons (Fsp3) is 0.211. The third-order valence-corrected chi connectivity index (χ3v) is 3.88. The quantitative estimate of drug-likeness (QED) is 0.790. The Balaban J connectivity index is 1.93. The lowest BCUT2D eigenvalue weighted by molar-refractivity contribution is 0.0696. The van der Waals surface area contributed by atoms with E-state index >= 15 is 0 Å². The van der Waals surface area contributed by atoms with E-state index in [4.69, 9.17) is 5.11 Å². The number of fused-ring (bicyclic) bond motifs is 1. The zero-order valence-corrected chi connectivity index (χ0v) is 13.2. The minimum atomic E-state index is -0.932. The number of pyridine rings is 2. The highest BCUT2D eigenvalue weighted by molar-refractivity contribution is 5.87. The van der Waals surface area contributed by atoms with Crippen molar-refractivity contribution < 1.29 is 9.90 Å². The second kappa shape index (κ2) is 6.16. The fourth-order valence-corrected chi connectivity index (χ4v) is 2.54. The molecule has 1 N–H and O–H groups in total. The van der Waals surface area contributed by atoms with Gasteiger partial charge in [0.1, 0.15) is 0 Å². The summed E-state index contributed by atoms with van der Waals surface area (Å²) in [4.78, 5) is 19.8. The Kier molecular flexibility index (Phi) is 4.06. The minimum absolute atomic E-state index is 0.263. The van der Waals surface area contributed by atoms with Crippen molar-refractivity contribution in [2.45, 2.75) is 26.2 Å². The van der Waals surface area contributed by atoms with E-state index in [1.165, 1.54) is 17.8 Å². The average Bonchev–Trinajstić information content (AvgIpc) is 2.54. The van der Waals surface area contributed by atoms with Crippen LogP contribution in [0.2, 0.25) is 0 Å². The van der Waals surface area contributed by atoms with Crippen LogP contribution in [0.15, 0.2) is 48.8 Å². The highest BCUT2D eigenvalue weighted by Gasteiger charge is 2.07. The minimum Gasteiger partial charge on any atom is -0.478 e. The number of nitrogens with zero attached hydrogens (tertiary/aromatic N) is 2. The molecule has 0 spiro atoms. The van der Waals surface area contributed by atoms with Crippen molar-refractivity contribution in [3.05, 3.63) is 71.2 Å². The predicted molar refractivity (Wildman–Crippen MR) is 89.8 cm³/mol. The van der Waals surface area contributed by atoms with E-state index in [1.54, 1.807) is 6.07 Å². The van der Waals surface area contributed by atoms with E-state index in [9.17, 15) is 4.79 Å². The first-order valence-electron chi connectivity index (χ1n) is 7.60. The zero-order chi connectivity index (χ0) is 16.4. The Labute approximate surface area is 134 Å². The molecule has 0 aliphatic heterocycles. The number of rotatable bonds is 4. The Morgan fingerprint density at radius 2 is 1.96 bits per heavy atom. The monoisotopic (exact) mass is 306 g/mol. The van der Waals surface area contributed by atoms with Gasteiger partial charge >= 0.3 is 5.97 Å². The van der Waals surface area contributed by atoms with Gasteiger partial charge in [-0.3, -0.25) is 9.97 Å². The summed E-state index contributed by atoms with van der Waals surface area (Å²) in [6, 6.07) is 11.4. The van der Waals surface area contributed by atoms with E-state index in [1.807, 2.05) is 18.3 Å². The molecule has 0 atom stereocenters. The lowest BCUT2D eigenvalue weighted by atomic mass is 10.0. The Morgan fingerprint density at radius 3 is 2.70 bits per heavy atom. The molecule has 2 heterocycles. The van der Waals surface area contributed by atoms with Gasteiger partial charge in [0.2, 0.25) is 0 Å². The first-order valence-corrected chi connectivity index (χ1v) is 7.60. The van der Waals surface area contributed by atoms with Gasteiger partial charge in [0.05, 0.1) is 11.1 Å². The molecule has 0 unspecified atom stereocenters. The van der Waals surface area contributed by atoms with Crippen molar-refractivity contribution in [2.75, 3.05) is 0 Å². The second-order valence-electron chi connectivity index (χ2n) is 5.97. The molecule has 0 bridgehead atoms. The van der Waals surface area contributed by atoms with Gasteiger partial charge in [-0.2, -0.15) is 0 Å². The molecule has 116 valence electrons. The predicted octanol–water partition coefficient (Wildman–Crippen LogP) is 4.04. The van der Waals surface area contributed by atoms with Crippen LogP contribution in [0, 0.1) is 0 Å². The van der Waals surface area contributed by atoms with Crippen LogP contribution < -0.4 is 0 Å². The van der Waals surface area contributed by atoms with Crippen LogP contribution in [0.25, 0.3) is 10.9 Å². The van der Waals surface area contributed by atoms with Crippen molar-refractivity contribution in [2.24, 2.45) is 0 Å². The number of benzene rings is 1. The molecule has 0 radical (unpaired) electrons. The third-order valence-electron chi connectivity index (χ3n) is 3.88. The van der Waals surface area contributed by atoms with Crippen LogP contribution in [0.5, 0.6) is 0 Å². The van der Waals surface area contributed by atoms with E-state index < -0.39 is 5.97 Å². The summed E-state index contributed by atoms with van der Waals surface area (Å²) in [5, 5.41) is 10.2. The molecule has 0 saturated heterocycles. The molecule has 23 heavy (non-hydrogen) atoms. The van der Waals surface area contributed by atoms with Crippen LogP contribution in [-0.4, -0.2) is 21.0 Å². The maximum Gasteiger partial charge on any atom is 0.335 e. The van der Waals surface area contributed by atoms with E-state index in [0.717, 1.165) is 22.2 Å². The van der Waals surface area contributed by atoms with E-state index in [-0.39, 0.29) is 5.56 Å².